The summed E-state index contributed by atoms with van der Waals surface area (Å²) in [5.41, 5.74) is 6.78. The highest BCUT2D eigenvalue weighted by Gasteiger charge is 2.42. The summed E-state index contributed by atoms with van der Waals surface area (Å²) in [6.07, 6.45) is 0.821. The van der Waals surface area contributed by atoms with Gasteiger partial charge in [0.1, 0.15) is 11.4 Å². The Morgan fingerprint density at radius 2 is 1.50 bits per heavy atom. The summed E-state index contributed by atoms with van der Waals surface area (Å²) in [5, 5.41) is 3.30. The summed E-state index contributed by atoms with van der Waals surface area (Å²) in [6.45, 7) is 10.5. The number of hydrogen-bond donors (Lipinski definition) is 1. The van der Waals surface area contributed by atoms with Crippen LogP contribution in [0.5, 0.6) is 5.75 Å². The molecule has 3 aromatic rings. The van der Waals surface area contributed by atoms with Crippen molar-refractivity contribution >= 4 is 28.8 Å². The Morgan fingerprint density at radius 1 is 0.824 bits per heavy atom. The molecule has 0 aliphatic carbocycles. The number of amides is 2. The summed E-state index contributed by atoms with van der Waals surface area (Å²) in [7, 11) is 0. The molecule has 0 fully saturated rings. The number of anilines is 2. The Kier molecular flexibility index (Phi) is 6.55. The quantitative estimate of drug-likeness (QED) is 0.438. The lowest BCUT2D eigenvalue weighted by Gasteiger charge is -2.19. The first kappa shape index (κ1) is 23.3. The molecule has 1 N–H and O–H groups in total. The highest BCUT2D eigenvalue weighted by molar-refractivity contribution is 6.46. The molecule has 0 atom stereocenters. The number of nitrogens with one attached hydrogen (secondary N) is 1. The number of rotatable bonds is 7. The molecular weight excluding hydrogens is 424 g/mol. The van der Waals surface area contributed by atoms with Crippen LogP contribution >= 0.6 is 0 Å². The van der Waals surface area contributed by atoms with Gasteiger partial charge in [0.05, 0.1) is 17.9 Å². The van der Waals surface area contributed by atoms with E-state index in [4.69, 9.17) is 4.74 Å². The molecule has 4 rings (SSSR count). The molecule has 5 nitrogen and oxygen atoms in total. The topological polar surface area (TPSA) is 58.6 Å². The van der Waals surface area contributed by atoms with Crippen LogP contribution < -0.4 is 15.0 Å². The summed E-state index contributed by atoms with van der Waals surface area (Å²) >= 11 is 0. The Balaban J connectivity index is 1.86. The van der Waals surface area contributed by atoms with E-state index in [-0.39, 0.29) is 11.6 Å². The van der Waals surface area contributed by atoms with Crippen LogP contribution in [-0.2, 0) is 9.59 Å². The van der Waals surface area contributed by atoms with Crippen molar-refractivity contribution in [1.82, 2.24) is 0 Å². The zero-order chi connectivity index (χ0) is 24.4. The minimum absolute atomic E-state index is 0.272. The van der Waals surface area contributed by atoms with Crippen LogP contribution in [0.25, 0.3) is 5.57 Å². The molecule has 34 heavy (non-hydrogen) atoms. The maximum Gasteiger partial charge on any atom is 0.282 e. The normalized spacial score (nSPS) is 13.6. The maximum atomic E-state index is 13.9. The lowest BCUT2D eigenvalue weighted by Crippen LogP contribution is -2.32. The molecule has 0 aromatic heterocycles. The summed E-state index contributed by atoms with van der Waals surface area (Å²) in [4.78, 5) is 28.9. The molecule has 2 amide bonds. The van der Waals surface area contributed by atoms with Gasteiger partial charge in [-0.1, -0.05) is 60.5 Å². The number of carbonyl (C=O) groups is 2. The Bertz CT molecular complexity index is 1310. The Hall–Kier alpha value is -3.86. The van der Waals surface area contributed by atoms with Crippen molar-refractivity contribution in [2.75, 3.05) is 16.8 Å². The van der Waals surface area contributed by atoms with Gasteiger partial charge in [0.15, 0.2) is 0 Å². The van der Waals surface area contributed by atoms with Crippen LogP contribution in [0.1, 0.15) is 41.2 Å². The van der Waals surface area contributed by atoms with Gasteiger partial charge in [0, 0.05) is 5.69 Å². The van der Waals surface area contributed by atoms with E-state index >= 15 is 0 Å². The molecule has 3 aromatic carbocycles. The standard InChI is InChI=1S/C29H30N2O3/c1-6-15-34-25-10-8-7-9-24(25)31-28(32)26(22-13-11-18(2)16-20(22)4)27(29(31)33)30-23-14-12-19(3)17-21(23)5/h7-14,16-17,30H,6,15H2,1-5H3. The molecule has 0 saturated heterocycles. The third kappa shape index (κ3) is 4.34. The first-order valence-corrected chi connectivity index (χ1v) is 11.6. The molecule has 5 heteroatoms. The fourth-order valence-corrected chi connectivity index (χ4v) is 4.27. The number of hydrogen-bond acceptors (Lipinski definition) is 4. The van der Waals surface area contributed by atoms with Crippen LogP contribution in [0.4, 0.5) is 11.4 Å². The number of para-hydroxylation sites is 2. The van der Waals surface area contributed by atoms with Crippen LogP contribution in [0.15, 0.2) is 66.4 Å². The molecule has 1 aliphatic rings. The lowest BCUT2D eigenvalue weighted by atomic mass is 9.97. The van der Waals surface area contributed by atoms with Gasteiger partial charge < -0.3 is 10.1 Å². The first-order chi connectivity index (χ1) is 16.3. The number of aryl methyl sites for hydroxylation is 4. The molecule has 1 aliphatic heterocycles. The smallest absolute Gasteiger partial charge is 0.282 e. The molecule has 0 radical (unpaired) electrons. The van der Waals surface area contributed by atoms with E-state index in [2.05, 4.69) is 5.32 Å². The number of imide groups is 1. The summed E-state index contributed by atoms with van der Waals surface area (Å²) in [6, 6.07) is 19.1. The first-order valence-electron chi connectivity index (χ1n) is 11.6. The monoisotopic (exact) mass is 454 g/mol. The van der Waals surface area contributed by atoms with Crippen LogP contribution in [-0.4, -0.2) is 18.4 Å². The van der Waals surface area contributed by atoms with Gasteiger partial charge in [-0.25, -0.2) is 4.90 Å². The van der Waals surface area contributed by atoms with Gasteiger partial charge in [-0.3, -0.25) is 9.59 Å². The Morgan fingerprint density at radius 3 is 2.18 bits per heavy atom. The van der Waals surface area contributed by atoms with Crippen molar-refractivity contribution < 1.29 is 14.3 Å². The van der Waals surface area contributed by atoms with E-state index in [0.29, 0.717) is 23.6 Å². The van der Waals surface area contributed by atoms with E-state index in [1.165, 1.54) is 4.90 Å². The van der Waals surface area contributed by atoms with Crippen LogP contribution in [0.2, 0.25) is 0 Å². The number of ether oxygens (including phenoxy) is 1. The van der Waals surface area contributed by atoms with Gasteiger partial charge in [0.25, 0.3) is 11.8 Å². The van der Waals surface area contributed by atoms with Gasteiger partial charge in [-0.15, -0.1) is 0 Å². The summed E-state index contributed by atoms with van der Waals surface area (Å²) < 4.78 is 5.88. The fraction of sp³-hybridized carbons (Fsp3) is 0.241. The van der Waals surface area contributed by atoms with E-state index in [9.17, 15) is 9.59 Å². The van der Waals surface area contributed by atoms with E-state index in [1.807, 2.05) is 77.1 Å². The zero-order valence-corrected chi connectivity index (χ0v) is 20.4. The Labute approximate surface area is 201 Å². The van der Waals surface area contributed by atoms with Crippen molar-refractivity contribution in [2.45, 2.75) is 41.0 Å². The van der Waals surface area contributed by atoms with Crippen molar-refractivity contribution in [3.8, 4) is 5.75 Å². The van der Waals surface area contributed by atoms with Gasteiger partial charge in [0.2, 0.25) is 0 Å². The molecule has 0 bridgehead atoms. The average Bonchev–Trinajstić information content (AvgIpc) is 3.04. The van der Waals surface area contributed by atoms with Gasteiger partial charge >= 0.3 is 0 Å². The van der Waals surface area contributed by atoms with Crippen molar-refractivity contribution in [2.24, 2.45) is 0 Å². The second-order valence-electron chi connectivity index (χ2n) is 8.77. The van der Waals surface area contributed by atoms with Crippen LogP contribution in [0.3, 0.4) is 0 Å². The third-order valence-corrected chi connectivity index (χ3v) is 5.94. The number of benzene rings is 3. The van der Waals surface area contributed by atoms with Gasteiger partial charge in [-0.2, -0.15) is 0 Å². The largest absolute Gasteiger partial charge is 0.491 e. The highest BCUT2D eigenvalue weighted by Crippen LogP contribution is 2.39. The third-order valence-electron chi connectivity index (χ3n) is 5.94. The molecule has 0 saturated carbocycles. The van der Waals surface area contributed by atoms with E-state index < -0.39 is 5.91 Å². The van der Waals surface area contributed by atoms with Crippen molar-refractivity contribution in [3.05, 3.63) is 94.2 Å². The molecular formula is C29H30N2O3. The van der Waals surface area contributed by atoms with Crippen LogP contribution in [0, 0.1) is 27.7 Å². The SMILES string of the molecule is CCCOc1ccccc1N1C(=O)C(Nc2ccc(C)cc2C)=C(c2ccc(C)cc2C)C1=O. The average molecular weight is 455 g/mol. The lowest BCUT2D eigenvalue weighted by molar-refractivity contribution is -0.120. The zero-order valence-electron chi connectivity index (χ0n) is 20.4. The predicted molar refractivity (Wildman–Crippen MR) is 137 cm³/mol. The molecule has 1 heterocycles. The van der Waals surface area contributed by atoms with Crippen molar-refractivity contribution in [3.63, 3.8) is 0 Å². The molecule has 0 unspecified atom stereocenters. The fourth-order valence-electron chi connectivity index (χ4n) is 4.27. The minimum Gasteiger partial charge on any atom is -0.491 e. The summed E-state index contributed by atoms with van der Waals surface area (Å²) in [5.74, 6) is -0.247. The predicted octanol–water partition coefficient (Wildman–Crippen LogP) is 6.11. The maximum absolute atomic E-state index is 13.9. The molecule has 0 spiro atoms. The number of carbonyl (C=O) groups excluding carboxylic acids is 2. The second kappa shape index (κ2) is 9.56. The minimum atomic E-state index is -0.396. The van der Waals surface area contributed by atoms with Crippen molar-refractivity contribution in [1.29, 1.82) is 0 Å². The second-order valence-corrected chi connectivity index (χ2v) is 8.77. The highest BCUT2D eigenvalue weighted by atomic mass is 16.5. The molecule has 174 valence electrons. The van der Waals surface area contributed by atoms with Gasteiger partial charge in [-0.05, 0) is 69.0 Å². The number of nitrogens with zero attached hydrogens (tertiary/aromatic N) is 1. The van der Waals surface area contributed by atoms with E-state index in [0.717, 1.165) is 39.9 Å². The van der Waals surface area contributed by atoms with E-state index in [1.54, 1.807) is 18.2 Å².